The van der Waals surface area contributed by atoms with Crippen LogP contribution >= 0.6 is 0 Å². The lowest BCUT2D eigenvalue weighted by atomic mass is 10.0. The Hall–Kier alpha value is -3.14. The zero-order valence-corrected chi connectivity index (χ0v) is 14.7. The van der Waals surface area contributed by atoms with Gasteiger partial charge in [-0.15, -0.1) is 0 Å². The standard InChI is InChI=1S/C22H20N2O2/c1-2-26-21-6-4-3-5-19(21)22(25)24-14-11-18-15-17(7-8-20(18)24)16-9-12-23-13-10-16/h3-10,12-13,15H,2,11,14H2,1H3. The first-order chi connectivity index (χ1) is 12.8. The van der Waals surface area contributed by atoms with Gasteiger partial charge >= 0.3 is 0 Å². The van der Waals surface area contributed by atoms with Crippen LogP contribution in [0.25, 0.3) is 11.1 Å². The van der Waals surface area contributed by atoms with Crippen LogP contribution in [0.1, 0.15) is 22.8 Å². The highest BCUT2D eigenvalue weighted by atomic mass is 16.5. The van der Waals surface area contributed by atoms with Crippen LogP contribution in [-0.2, 0) is 6.42 Å². The molecule has 0 radical (unpaired) electrons. The Morgan fingerprint density at radius 2 is 1.88 bits per heavy atom. The molecule has 1 amide bonds. The number of ether oxygens (including phenoxy) is 1. The Kier molecular flexibility index (Phi) is 4.40. The smallest absolute Gasteiger partial charge is 0.262 e. The van der Waals surface area contributed by atoms with Gasteiger partial charge in [0.25, 0.3) is 5.91 Å². The summed E-state index contributed by atoms with van der Waals surface area (Å²) in [5, 5.41) is 0. The van der Waals surface area contributed by atoms with E-state index in [2.05, 4.69) is 17.1 Å². The lowest BCUT2D eigenvalue weighted by molar-refractivity contribution is 0.0985. The molecule has 4 nitrogen and oxygen atoms in total. The molecule has 0 unspecified atom stereocenters. The third-order valence-corrected chi connectivity index (χ3v) is 4.65. The molecular weight excluding hydrogens is 324 g/mol. The first-order valence-corrected chi connectivity index (χ1v) is 8.85. The number of hydrogen-bond donors (Lipinski definition) is 0. The zero-order chi connectivity index (χ0) is 17.9. The van der Waals surface area contributed by atoms with Crippen molar-refractivity contribution < 1.29 is 9.53 Å². The number of carbonyl (C=O) groups is 1. The van der Waals surface area contributed by atoms with Gasteiger partial charge in [-0.3, -0.25) is 9.78 Å². The second-order valence-corrected chi connectivity index (χ2v) is 6.22. The molecule has 0 spiro atoms. The quantitative estimate of drug-likeness (QED) is 0.707. The molecule has 130 valence electrons. The van der Waals surface area contributed by atoms with E-state index in [1.165, 1.54) is 5.56 Å². The van der Waals surface area contributed by atoms with Crippen molar-refractivity contribution in [1.82, 2.24) is 4.98 Å². The molecule has 0 fully saturated rings. The van der Waals surface area contributed by atoms with Gasteiger partial charge in [0, 0.05) is 24.6 Å². The molecule has 0 bridgehead atoms. The minimum Gasteiger partial charge on any atom is -0.493 e. The summed E-state index contributed by atoms with van der Waals surface area (Å²) >= 11 is 0. The fraction of sp³-hybridized carbons (Fsp3) is 0.182. The van der Waals surface area contributed by atoms with Crippen molar-refractivity contribution in [3.8, 4) is 16.9 Å². The molecule has 4 heteroatoms. The summed E-state index contributed by atoms with van der Waals surface area (Å²) in [6, 6.07) is 17.7. The minimum absolute atomic E-state index is 0.00976. The monoisotopic (exact) mass is 344 g/mol. The fourth-order valence-corrected chi connectivity index (χ4v) is 3.41. The van der Waals surface area contributed by atoms with E-state index < -0.39 is 0 Å². The van der Waals surface area contributed by atoms with Gasteiger partial charge in [0.15, 0.2) is 0 Å². The van der Waals surface area contributed by atoms with Crippen LogP contribution in [0.5, 0.6) is 5.75 Å². The maximum Gasteiger partial charge on any atom is 0.262 e. The second kappa shape index (κ2) is 7.00. The molecule has 0 aliphatic carbocycles. The summed E-state index contributed by atoms with van der Waals surface area (Å²) in [7, 11) is 0. The summed E-state index contributed by atoms with van der Waals surface area (Å²) in [5.74, 6) is 0.631. The fourth-order valence-electron chi connectivity index (χ4n) is 3.41. The van der Waals surface area contributed by atoms with Crippen LogP contribution in [0.3, 0.4) is 0 Å². The first-order valence-electron chi connectivity index (χ1n) is 8.85. The maximum absolute atomic E-state index is 13.1. The summed E-state index contributed by atoms with van der Waals surface area (Å²) in [6.45, 7) is 3.15. The normalized spacial score (nSPS) is 12.7. The molecule has 0 atom stereocenters. The highest BCUT2D eigenvalue weighted by molar-refractivity contribution is 6.09. The van der Waals surface area contributed by atoms with E-state index in [1.807, 2.05) is 54.3 Å². The molecule has 0 saturated heterocycles. The summed E-state index contributed by atoms with van der Waals surface area (Å²) in [6.07, 6.45) is 4.45. The van der Waals surface area contributed by atoms with Crippen molar-refractivity contribution >= 4 is 11.6 Å². The van der Waals surface area contributed by atoms with E-state index in [0.29, 0.717) is 24.5 Å². The molecule has 2 heterocycles. The van der Waals surface area contributed by atoms with Gasteiger partial charge in [0.1, 0.15) is 5.75 Å². The number of amides is 1. The number of anilines is 1. The van der Waals surface area contributed by atoms with Gasteiger partial charge in [0.2, 0.25) is 0 Å². The third kappa shape index (κ3) is 2.94. The molecule has 1 aliphatic heterocycles. The molecule has 1 aromatic heterocycles. The van der Waals surface area contributed by atoms with Crippen molar-refractivity contribution in [2.75, 3.05) is 18.1 Å². The van der Waals surface area contributed by atoms with Gasteiger partial charge in [-0.2, -0.15) is 0 Å². The number of pyridine rings is 1. The molecule has 26 heavy (non-hydrogen) atoms. The van der Waals surface area contributed by atoms with Gasteiger partial charge in [-0.1, -0.05) is 18.2 Å². The Balaban J connectivity index is 1.65. The predicted molar refractivity (Wildman–Crippen MR) is 103 cm³/mol. The average Bonchev–Trinajstić information content (AvgIpc) is 3.12. The largest absolute Gasteiger partial charge is 0.493 e. The number of benzene rings is 2. The van der Waals surface area contributed by atoms with E-state index in [9.17, 15) is 4.79 Å². The van der Waals surface area contributed by atoms with E-state index in [-0.39, 0.29) is 5.91 Å². The number of carbonyl (C=O) groups excluding carboxylic acids is 1. The third-order valence-electron chi connectivity index (χ3n) is 4.65. The number of rotatable bonds is 4. The van der Waals surface area contributed by atoms with Crippen LogP contribution in [0, 0.1) is 0 Å². The molecular formula is C22H20N2O2. The van der Waals surface area contributed by atoms with Crippen LogP contribution < -0.4 is 9.64 Å². The Bertz CT molecular complexity index is 938. The number of hydrogen-bond acceptors (Lipinski definition) is 3. The molecule has 0 N–H and O–H groups in total. The highest BCUT2D eigenvalue weighted by Crippen LogP contribution is 2.34. The highest BCUT2D eigenvalue weighted by Gasteiger charge is 2.27. The number of para-hydroxylation sites is 1. The van der Waals surface area contributed by atoms with Gasteiger partial charge in [-0.05, 0) is 66.4 Å². The van der Waals surface area contributed by atoms with Crippen LogP contribution in [0.2, 0.25) is 0 Å². The van der Waals surface area contributed by atoms with Crippen LogP contribution in [0.4, 0.5) is 5.69 Å². The Morgan fingerprint density at radius 1 is 1.08 bits per heavy atom. The molecule has 2 aromatic carbocycles. The Labute approximate surface area is 153 Å². The maximum atomic E-state index is 13.1. The average molecular weight is 344 g/mol. The predicted octanol–water partition coefficient (Wildman–Crippen LogP) is 4.35. The summed E-state index contributed by atoms with van der Waals surface area (Å²) in [5.41, 5.74) is 5.07. The number of fused-ring (bicyclic) bond motifs is 1. The SMILES string of the molecule is CCOc1ccccc1C(=O)N1CCc2cc(-c3ccncc3)ccc21. The molecule has 3 aromatic rings. The van der Waals surface area contributed by atoms with Crippen LogP contribution in [0.15, 0.2) is 67.0 Å². The summed E-state index contributed by atoms with van der Waals surface area (Å²) < 4.78 is 5.63. The zero-order valence-electron chi connectivity index (χ0n) is 14.7. The van der Waals surface area contributed by atoms with Crippen molar-refractivity contribution in [2.45, 2.75) is 13.3 Å². The topological polar surface area (TPSA) is 42.4 Å². The van der Waals surface area contributed by atoms with Gasteiger partial charge in [0.05, 0.1) is 12.2 Å². The molecule has 1 aliphatic rings. The van der Waals surface area contributed by atoms with Crippen molar-refractivity contribution in [3.05, 3.63) is 78.1 Å². The number of nitrogens with zero attached hydrogens (tertiary/aromatic N) is 2. The van der Waals surface area contributed by atoms with E-state index in [1.54, 1.807) is 12.4 Å². The Morgan fingerprint density at radius 3 is 2.69 bits per heavy atom. The van der Waals surface area contributed by atoms with Gasteiger partial charge in [-0.25, -0.2) is 0 Å². The summed E-state index contributed by atoms with van der Waals surface area (Å²) in [4.78, 5) is 19.0. The van der Waals surface area contributed by atoms with Gasteiger partial charge < -0.3 is 9.64 Å². The lowest BCUT2D eigenvalue weighted by Crippen LogP contribution is -2.29. The van der Waals surface area contributed by atoms with E-state index in [0.717, 1.165) is 23.2 Å². The molecule has 4 rings (SSSR count). The van der Waals surface area contributed by atoms with Crippen molar-refractivity contribution in [1.29, 1.82) is 0 Å². The minimum atomic E-state index is -0.00976. The number of aromatic nitrogens is 1. The lowest BCUT2D eigenvalue weighted by Gasteiger charge is -2.19. The molecule has 0 saturated carbocycles. The van der Waals surface area contributed by atoms with E-state index in [4.69, 9.17) is 4.74 Å². The first kappa shape index (κ1) is 16.3. The van der Waals surface area contributed by atoms with Crippen LogP contribution in [-0.4, -0.2) is 24.0 Å². The van der Waals surface area contributed by atoms with E-state index >= 15 is 0 Å². The second-order valence-electron chi connectivity index (χ2n) is 6.22. The van der Waals surface area contributed by atoms with Crippen molar-refractivity contribution in [2.24, 2.45) is 0 Å². The van der Waals surface area contributed by atoms with Crippen molar-refractivity contribution in [3.63, 3.8) is 0 Å².